The first-order valence-corrected chi connectivity index (χ1v) is 8.30. The molecule has 0 unspecified atom stereocenters. The van der Waals surface area contributed by atoms with Gasteiger partial charge >= 0.3 is 0 Å². The van der Waals surface area contributed by atoms with E-state index in [1.165, 1.54) is 12.3 Å². The van der Waals surface area contributed by atoms with Gasteiger partial charge in [-0.3, -0.25) is 4.79 Å². The van der Waals surface area contributed by atoms with Crippen molar-refractivity contribution < 1.29 is 13.9 Å². The van der Waals surface area contributed by atoms with E-state index in [4.69, 9.17) is 4.74 Å². The van der Waals surface area contributed by atoms with Gasteiger partial charge in [0.15, 0.2) is 6.61 Å². The number of carbonyl (C=O) groups is 1. The van der Waals surface area contributed by atoms with Gasteiger partial charge < -0.3 is 4.74 Å². The summed E-state index contributed by atoms with van der Waals surface area (Å²) in [5.41, 5.74) is 2.58. The highest BCUT2D eigenvalue weighted by atomic mass is 79.9. The Balaban J connectivity index is 1.55. The summed E-state index contributed by atoms with van der Waals surface area (Å²) in [6, 6.07) is 17.9. The molecule has 0 aromatic heterocycles. The summed E-state index contributed by atoms with van der Waals surface area (Å²) < 4.78 is 19.7. The molecule has 0 heterocycles. The minimum atomic E-state index is -0.431. The van der Waals surface area contributed by atoms with Crippen molar-refractivity contribution in [2.24, 2.45) is 5.10 Å². The van der Waals surface area contributed by atoms with Gasteiger partial charge in [-0.15, -0.1) is 0 Å². The maximum Gasteiger partial charge on any atom is 0.277 e. The van der Waals surface area contributed by atoms with Crippen molar-refractivity contribution in [2.45, 2.75) is 0 Å². The van der Waals surface area contributed by atoms with Crippen LogP contribution < -0.4 is 10.2 Å². The third-order valence-electron chi connectivity index (χ3n) is 3.44. The predicted octanol–water partition coefficient (Wildman–Crippen LogP) is 4.27. The first-order valence-electron chi connectivity index (χ1n) is 7.50. The molecule has 3 rings (SSSR count). The normalized spacial score (nSPS) is 11.0. The molecule has 0 spiro atoms. The van der Waals surface area contributed by atoms with Gasteiger partial charge in [0.05, 0.1) is 6.21 Å². The van der Waals surface area contributed by atoms with Crippen LogP contribution in [0.1, 0.15) is 5.56 Å². The number of carbonyl (C=O) groups excluding carboxylic acids is 1. The molecule has 126 valence electrons. The number of amides is 1. The van der Waals surface area contributed by atoms with Crippen LogP contribution in [-0.2, 0) is 4.79 Å². The van der Waals surface area contributed by atoms with E-state index in [9.17, 15) is 9.18 Å². The number of nitrogens with zero attached hydrogens (tertiary/aromatic N) is 1. The topological polar surface area (TPSA) is 50.7 Å². The zero-order valence-electron chi connectivity index (χ0n) is 13.1. The van der Waals surface area contributed by atoms with Crippen molar-refractivity contribution in [3.63, 3.8) is 0 Å². The molecular weight excluding hydrogens is 387 g/mol. The SMILES string of the molecule is O=C(COc1ccc2ccccc2c1)N/N=C/c1cc(Br)ccc1F. The van der Waals surface area contributed by atoms with Gasteiger partial charge in [-0.2, -0.15) is 5.10 Å². The van der Waals surface area contributed by atoms with Gasteiger partial charge in [0.2, 0.25) is 0 Å². The molecule has 3 aromatic carbocycles. The maximum absolute atomic E-state index is 13.5. The quantitative estimate of drug-likeness (QED) is 0.513. The summed E-state index contributed by atoms with van der Waals surface area (Å²) in [6.07, 6.45) is 1.24. The highest BCUT2D eigenvalue weighted by Crippen LogP contribution is 2.20. The van der Waals surface area contributed by atoms with Crippen molar-refractivity contribution in [1.29, 1.82) is 0 Å². The minimum Gasteiger partial charge on any atom is -0.484 e. The molecule has 4 nitrogen and oxygen atoms in total. The van der Waals surface area contributed by atoms with Gasteiger partial charge in [0.1, 0.15) is 11.6 Å². The van der Waals surface area contributed by atoms with Crippen LogP contribution in [0.15, 0.2) is 70.2 Å². The van der Waals surface area contributed by atoms with Crippen molar-refractivity contribution in [2.75, 3.05) is 6.61 Å². The lowest BCUT2D eigenvalue weighted by Crippen LogP contribution is -2.24. The number of hydrogen-bond donors (Lipinski definition) is 1. The number of halogens is 2. The molecule has 0 saturated heterocycles. The molecule has 0 saturated carbocycles. The smallest absolute Gasteiger partial charge is 0.277 e. The second-order valence-electron chi connectivity index (χ2n) is 5.26. The molecule has 3 aromatic rings. The monoisotopic (exact) mass is 400 g/mol. The zero-order valence-corrected chi connectivity index (χ0v) is 14.7. The largest absolute Gasteiger partial charge is 0.484 e. The Labute approximate surface area is 152 Å². The van der Waals surface area contributed by atoms with Gasteiger partial charge in [0.25, 0.3) is 5.91 Å². The molecule has 0 fully saturated rings. The van der Waals surface area contributed by atoms with E-state index in [1.54, 1.807) is 18.2 Å². The molecule has 6 heteroatoms. The Morgan fingerprint density at radius 3 is 2.76 bits per heavy atom. The summed E-state index contributed by atoms with van der Waals surface area (Å²) in [4.78, 5) is 11.8. The molecule has 0 bridgehead atoms. The van der Waals surface area contributed by atoms with E-state index in [2.05, 4.69) is 26.5 Å². The first-order chi connectivity index (χ1) is 12.1. The molecule has 0 aliphatic carbocycles. The van der Waals surface area contributed by atoms with Crippen LogP contribution in [0.25, 0.3) is 10.8 Å². The number of fused-ring (bicyclic) bond motifs is 1. The molecule has 0 aliphatic rings. The van der Waals surface area contributed by atoms with Crippen LogP contribution in [0.3, 0.4) is 0 Å². The fourth-order valence-electron chi connectivity index (χ4n) is 2.23. The number of rotatable bonds is 5. The Hall–Kier alpha value is -2.73. The Morgan fingerprint density at radius 1 is 1.12 bits per heavy atom. The van der Waals surface area contributed by atoms with Gasteiger partial charge in [-0.1, -0.05) is 46.3 Å². The van der Waals surface area contributed by atoms with Crippen LogP contribution in [-0.4, -0.2) is 18.7 Å². The summed E-state index contributed by atoms with van der Waals surface area (Å²) in [6.45, 7) is -0.184. The van der Waals surface area contributed by atoms with Gasteiger partial charge in [-0.05, 0) is 41.1 Å². The zero-order chi connectivity index (χ0) is 17.6. The van der Waals surface area contributed by atoms with E-state index in [0.717, 1.165) is 15.2 Å². The third-order valence-corrected chi connectivity index (χ3v) is 3.94. The number of nitrogens with one attached hydrogen (secondary N) is 1. The molecule has 25 heavy (non-hydrogen) atoms. The number of ether oxygens (including phenoxy) is 1. The average Bonchev–Trinajstić information content (AvgIpc) is 2.62. The summed E-state index contributed by atoms with van der Waals surface area (Å²) in [5.74, 6) is -0.260. The first kappa shape index (κ1) is 17.1. The second-order valence-corrected chi connectivity index (χ2v) is 6.17. The fourth-order valence-corrected chi connectivity index (χ4v) is 2.60. The Kier molecular flexibility index (Phi) is 5.40. The Morgan fingerprint density at radius 2 is 1.92 bits per heavy atom. The summed E-state index contributed by atoms with van der Waals surface area (Å²) in [5, 5.41) is 5.87. The van der Waals surface area contributed by atoms with Crippen LogP contribution >= 0.6 is 15.9 Å². The van der Waals surface area contributed by atoms with E-state index < -0.39 is 11.7 Å². The van der Waals surface area contributed by atoms with E-state index >= 15 is 0 Å². The lowest BCUT2D eigenvalue weighted by molar-refractivity contribution is -0.123. The van der Waals surface area contributed by atoms with Gasteiger partial charge in [0, 0.05) is 10.0 Å². The third kappa shape index (κ3) is 4.64. The number of hydrogen-bond acceptors (Lipinski definition) is 3. The second kappa shape index (κ2) is 7.90. The van der Waals surface area contributed by atoms with Crippen molar-refractivity contribution in [1.82, 2.24) is 5.43 Å². The summed E-state index contributed by atoms with van der Waals surface area (Å²) >= 11 is 3.25. The highest BCUT2D eigenvalue weighted by molar-refractivity contribution is 9.10. The molecule has 1 N–H and O–H groups in total. The van der Waals surface area contributed by atoms with E-state index in [1.807, 2.05) is 36.4 Å². The molecular formula is C19H14BrFN2O2. The fraction of sp³-hybridized carbons (Fsp3) is 0.0526. The molecule has 0 aliphatic heterocycles. The lowest BCUT2D eigenvalue weighted by atomic mass is 10.1. The van der Waals surface area contributed by atoms with Crippen molar-refractivity contribution in [3.8, 4) is 5.75 Å². The van der Waals surface area contributed by atoms with Crippen LogP contribution in [0.5, 0.6) is 5.75 Å². The minimum absolute atomic E-state index is 0.184. The molecule has 0 atom stereocenters. The van der Waals surface area contributed by atoms with Crippen LogP contribution in [0, 0.1) is 5.82 Å². The highest BCUT2D eigenvalue weighted by Gasteiger charge is 2.03. The van der Waals surface area contributed by atoms with Gasteiger partial charge in [-0.25, -0.2) is 9.82 Å². The van der Waals surface area contributed by atoms with E-state index in [-0.39, 0.29) is 12.2 Å². The van der Waals surface area contributed by atoms with Crippen molar-refractivity contribution in [3.05, 3.63) is 76.5 Å². The molecule has 0 radical (unpaired) electrons. The van der Waals surface area contributed by atoms with Crippen LogP contribution in [0.2, 0.25) is 0 Å². The van der Waals surface area contributed by atoms with Crippen molar-refractivity contribution >= 4 is 38.8 Å². The number of hydrazone groups is 1. The standard InChI is InChI=1S/C19H14BrFN2O2/c20-16-6-8-18(21)15(9-16)11-22-23-19(24)12-25-17-7-5-13-3-1-2-4-14(13)10-17/h1-11H,12H2,(H,23,24)/b22-11+. The summed E-state index contributed by atoms with van der Waals surface area (Å²) in [7, 11) is 0. The molecule has 1 amide bonds. The van der Waals surface area contributed by atoms with E-state index in [0.29, 0.717) is 5.75 Å². The average molecular weight is 401 g/mol. The number of benzene rings is 3. The lowest BCUT2D eigenvalue weighted by Gasteiger charge is -2.06. The van der Waals surface area contributed by atoms with Crippen LogP contribution in [0.4, 0.5) is 4.39 Å². The Bertz CT molecular complexity index is 944. The predicted molar refractivity (Wildman–Crippen MR) is 99.3 cm³/mol. The maximum atomic E-state index is 13.5.